The number of pyridine rings is 1. The molecule has 1 aliphatic heterocycles. The van der Waals surface area contributed by atoms with Gasteiger partial charge in [-0.05, 0) is 30.7 Å². The molecule has 5 heteroatoms. The lowest BCUT2D eigenvalue weighted by Crippen LogP contribution is -2.32. The van der Waals surface area contributed by atoms with Crippen LogP contribution in [0.1, 0.15) is 43.5 Å². The van der Waals surface area contributed by atoms with E-state index < -0.39 is 0 Å². The van der Waals surface area contributed by atoms with Gasteiger partial charge in [-0.3, -0.25) is 4.79 Å². The average Bonchev–Trinajstić information content (AvgIpc) is 2.59. The van der Waals surface area contributed by atoms with Crippen LogP contribution >= 0.6 is 11.6 Å². The first-order chi connectivity index (χ1) is 9.43. The van der Waals surface area contributed by atoms with E-state index in [0.29, 0.717) is 21.8 Å². The van der Waals surface area contributed by atoms with Gasteiger partial charge in [0.05, 0.1) is 10.6 Å². The maximum absolute atomic E-state index is 12.5. The Hall–Kier alpha value is -1.29. The number of nitrogens with zero attached hydrogens (tertiary/aromatic N) is 2. The van der Waals surface area contributed by atoms with E-state index in [1.54, 1.807) is 19.3 Å². The molecule has 110 valence electrons. The Morgan fingerprint density at radius 2 is 2.15 bits per heavy atom. The van der Waals surface area contributed by atoms with Crippen LogP contribution in [0.5, 0.6) is 0 Å². The maximum atomic E-state index is 12.5. The fourth-order valence-corrected chi connectivity index (χ4v) is 2.81. The number of halogens is 1. The van der Waals surface area contributed by atoms with E-state index in [4.69, 9.17) is 11.6 Å². The SMILES string of the molecule is CNc1ncc(C(=O)N2CCCC(C)(C)CC2)cc1Cl. The zero-order chi connectivity index (χ0) is 14.8. The molecule has 0 radical (unpaired) electrons. The van der Waals surface area contributed by atoms with E-state index >= 15 is 0 Å². The molecule has 0 atom stereocenters. The summed E-state index contributed by atoms with van der Waals surface area (Å²) in [6, 6.07) is 1.69. The molecule has 1 fully saturated rings. The van der Waals surface area contributed by atoms with Gasteiger partial charge in [-0.15, -0.1) is 0 Å². The summed E-state index contributed by atoms with van der Waals surface area (Å²) >= 11 is 6.09. The summed E-state index contributed by atoms with van der Waals surface area (Å²) in [5.41, 5.74) is 0.884. The number of carbonyl (C=O) groups is 1. The average molecular weight is 296 g/mol. The molecule has 0 aliphatic carbocycles. The summed E-state index contributed by atoms with van der Waals surface area (Å²) in [4.78, 5) is 18.6. The number of hydrogen-bond acceptors (Lipinski definition) is 3. The van der Waals surface area contributed by atoms with Gasteiger partial charge in [0.1, 0.15) is 5.82 Å². The Labute approximate surface area is 125 Å². The number of rotatable bonds is 2. The van der Waals surface area contributed by atoms with E-state index in [1.165, 1.54) is 0 Å². The van der Waals surface area contributed by atoms with Crippen molar-refractivity contribution in [3.8, 4) is 0 Å². The van der Waals surface area contributed by atoms with Gasteiger partial charge in [-0.25, -0.2) is 4.98 Å². The van der Waals surface area contributed by atoms with E-state index in [2.05, 4.69) is 24.1 Å². The second-order valence-electron chi connectivity index (χ2n) is 6.11. The molecule has 4 nitrogen and oxygen atoms in total. The first kappa shape index (κ1) is 15.1. The summed E-state index contributed by atoms with van der Waals surface area (Å²) in [5.74, 6) is 0.625. The van der Waals surface area contributed by atoms with Gasteiger partial charge in [0, 0.05) is 26.3 Å². The van der Waals surface area contributed by atoms with Crippen LogP contribution in [0, 0.1) is 5.41 Å². The van der Waals surface area contributed by atoms with Crippen LogP contribution in [0.3, 0.4) is 0 Å². The third-order valence-electron chi connectivity index (χ3n) is 3.95. The van der Waals surface area contributed by atoms with Crippen LogP contribution < -0.4 is 5.32 Å². The summed E-state index contributed by atoms with van der Waals surface area (Å²) < 4.78 is 0. The molecule has 1 amide bonds. The molecule has 0 saturated carbocycles. The zero-order valence-corrected chi connectivity index (χ0v) is 13.1. The van der Waals surface area contributed by atoms with Crippen LogP contribution in [-0.2, 0) is 0 Å². The largest absolute Gasteiger partial charge is 0.372 e. The molecular formula is C15H22ClN3O. The van der Waals surface area contributed by atoms with Gasteiger partial charge in [-0.2, -0.15) is 0 Å². The molecule has 2 heterocycles. The van der Waals surface area contributed by atoms with Gasteiger partial charge in [0.2, 0.25) is 0 Å². The fourth-order valence-electron chi connectivity index (χ4n) is 2.55. The number of anilines is 1. The van der Waals surface area contributed by atoms with Crippen molar-refractivity contribution < 1.29 is 4.79 Å². The lowest BCUT2D eigenvalue weighted by Gasteiger charge is -2.23. The number of hydrogen-bond donors (Lipinski definition) is 1. The van der Waals surface area contributed by atoms with Crippen molar-refractivity contribution in [2.75, 3.05) is 25.5 Å². The molecular weight excluding hydrogens is 274 g/mol. The summed E-state index contributed by atoms with van der Waals surface area (Å²) in [6.07, 6.45) is 4.84. The Bertz CT molecular complexity index is 502. The lowest BCUT2D eigenvalue weighted by molar-refractivity contribution is 0.0757. The summed E-state index contributed by atoms with van der Waals surface area (Å²) in [5, 5.41) is 3.37. The molecule has 1 N–H and O–H groups in total. The van der Waals surface area contributed by atoms with Gasteiger partial charge in [0.25, 0.3) is 5.91 Å². The quantitative estimate of drug-likeness (QED) is 0.909. The Balaban J connectivity index is 2.13. The van der Waals surface area contributed by atoms with E-state index in [-0.39, 0.29) is 5.91 Å². The Morgan fingerprint density at radius 1 is 1.40 bits per heavy atom. The van der Waals surface area contributed by atoms with Gasteiger partial charge >= 0.3 is 0 Å². The van der Waals surface area contributed by atoms with Crippen LogP contribution in [0.2, 0.25) is 5.02 Å². The van der Waals surface area contributed by atoms with Crippen molar-refractivity contribution in [3.63, 3.8) is 0 Å². The number of aromatic nitrogens is 1. The maximum Gasteiger partial charge on any atom is 0.255 e. The molecule has 2 rings (SSSR count). The van der Waals surface area contributed by atoms with Crippen molar-refractivity contribution in [2.24, 2.45) is 5.41 Å². The third kappa shape index (κ3) is 3.42. The molecule has 1 aromatic rings. The smallest absolute Gasteiger partial charge is 0.255 e. The predicted octanol–water partition coefficient (Wildman–Crippen LogP) is 3.43. The third-order valence-corrected chi connectivity index (χ3v) is 4.24. The van der Waals surface area contributed by atoms with Crippen LogP contribution in [0.25, 0.3) is 0 Å². The first-order valence-corrected chi connectivity index (χ1v) is 7.43. The fraction of sp³-hybridized carbons (Fsp3) is 0.600. The van der Waals surface area contributed by atoms with Crippen LogP contribution in [-0.4, -0.2) is 35.9 Å². The standard InChI is InChI=1S/C15H22ClN3O/c1-15(2)5-4-7-19(8-6-15)14(20)11-9-12(16)13(17-3)18-10-11/h9-10H,4-8H2,1-3H3,(H,17,18). The molecule has 1 saturated heterocycles. The van der Waals surface area contributed by atoms with E-state index in [1.807, 2.05) is 4.90 Å². The van der Waals surface area contributed by atoms with Gasteiger partial charge in [0.15, 0.2) is 0 Å². The zero-order valence-electron chi connectivity index (χ0n) is 12.4. The second kappa shape index (κ2) is 6.00. The van der Waals surface area contributed by atoms with Gasteiger partial charge < -0.3 is 10.2 Å². The van der Waals surface area contributed by atoms with Gasteiger partial charge in [-0.1, -0.05) is 25.4 Å². The highest BCUT2D eigenvalue weighted by Crippen LogP contribution is 2.30. The summed E-state index contributed by atoms with van der Waals surface area (Å²) in [7, 11) is 1.76. The van der Waals surface area contributed by atoms with Crippen molar-refractivity contribution in [2.45, 2.75) is 33.1 Å². The topological polar surface area (TPSA) is 45.2 Å². The minimum Gasteiger partial charge on any atom is -0.372 e. The Kier molecular flexibility index (Phi) is 4.53. The Morgan fingerprint density at radius 3 is 2.80 bits per heavy atom. The number of amides is 1. The monoisotopic (exact) mass is 295 g/mol. The number of carbonyl (C=O) groups excluding carboxylic acids is 1. The van der Waals surface area contributed by atoms with Crippen molar-refractivity contribution in [3.05, 3.63) is 22.8 Å². The molecule has 1 aromatic heterocycles. The highest BCUT2D eigenvalue weighted by Gasteiger charge is 2.26. The normalized spacial score (nSPS) is 18.5. The van der Waals surface area contributed by atoms with Crippen molar-refractivity contribution in [1.29, 1.82) is 0 Å². The predicted molar refractivity (Wildman–Crippen MR) is 82.3 cm³/mol. The number of nitrogens with one attached hydrogen (secondary N) is 1. The molecule has 0 spiro atoms. The highest BCUT2D eigenvalue weighted by molar-refractivity contribution is 6.33. The van der Waals surface area contributed by atoms with Crippen LogP contribution in [0.4, 0.5) is 5.82 Å². The van der Waals surface area contributed by atoms with Crippen molar-refractivity contribution in [1.82, 2.24) is 9.88 Å². The molecule has 1 aliphatic rings. The minimum absolute atomic E-state index is 0.0275. The van der Waals surface area contributed by atoms with Crippen LogP contribution in [0.15, 0.2) is 12.3 Å². The molecule has 20 heavy (non-hydrogen) atoms. The lowest BCUT2D eigenvalue weighted by atomic mass is 9.85. The second-order valence-corrected chi connectivity index (χ2v) is 6.52. The van der Waals surface area contributed by atoms with E-state index in [9.17, 15) is 4.79 Å². The van der Waals surface area contributed by atoms with Crippen molar-refractivity contribution >= 4 is 23.3 Å². The molecule has 0 unspecified atom stereocenters. The minimum atomic E-state index is 0.0275. The highest BCUT2D eigenvalue weighted by atomic mass is 35.5. The number of likely N-dealkylation sites (tertiary alicyclic amines) is 1. The molecule has 0 aromatic carbocycles. The first-order valence-electron chi connectivity index (χ1n) is 7.05. The van der Waals surface area contributed by atoms with E-state index in [0.717, 1.165) is 32.4 Å². The molecule has 0 bridgehead atoms. The summed E-state index contributed by atoms with van der Waals surface area (Å²) in [6.45, 7) is 6.15.